The number of aryl methyl sites for hydroxylation is 2. The summed E-state index contributed by atoms with van der Waals surface area (Å²) in [5, 5.41) is 0. The zero-order chi connectivity index (χ0) is 25.2. The van der Waals surface area contributed by atoms with Crippen molar-refractivity contribution in [2.45, 2.75) is 58.8 Å². The van der Waals surface area contributed by atoms with Crippen LogP contribution in [0.15, 0.2) is 30.6 Å². The lowest BCUT2D eigenvalue weighted by Gasteiger charge is -2.44. The minimum atomic E-state index is -0.729. The van der Waals surface area contributed by atoms with Crippen LogP contribution in [0.1, 0.15) is 77.8 Å². The standard InChI is InChI=1S/C28H29N3O4/c1-4-6-20-13-18(2)25(19(3)14-20)26-22(33)16-28(17-23(26)34)7-11-31(12-8-28)24(35)15-21(32)27-29-9-5-10-30-27/h5,9-10,13-14,26H,7-8,11-12,15-17H2,1-3H3. The van der Waals surface area contributed by atoms with E-state index in [0.29, 0.717) is 38.8 Å². The third-order valence-electron chi connectivity index (χ3n) is 7.20. The summed E-state index contributed by atoms with van der Waals surface area (Å²) in [6.45, 7) is 6.49. The molecule has 0 N–H and O–H groups in total. The van der Waals surface area contributed by atoms with E-state index in [2.05, 4.69) is 21.8 Å². The molecule has 2 fully saturated rings. The molecule has 1 aliphatic carbocycles. The maximum atomic E-state index is 13.3. The second-order valence-corrected chi connectivity index (χ2v) is 9.67. The van der Waals surface area contributed by atoms with Crippen molar-refractivity contribution in [2.24, 2.45) is 5.41 Å². The molecule has 1 saturated heterocycles. The smallest absolute Gasteiger partial charge is 0.230 e. The molecular formula is C28H29N3O4. The van der Waals surface area contributed by atoms with E-state index in [0.717, 1.165) is 22.3 Å². The number of piperidine rings is 1. The fourth-order valence-electron chi connectivity index (χ4n) is 5.51. The molecule has 35 heavy (non-hydrogen) atoms. The molecule has 4 rings (SSSR count). The number of likely N-dealkylation sites (tertiary alicyclic amines) is 1. The Morgan fingerprint density at radius 2 is 1.60 bits per heavy atom. The van der Waals surface area contributed by atoms with Gasteiger partial charge in [0.15, 0.2) is 5.82 Å². The minimum Gasteiger partial charge on any atom is -0.342 e. The van der Waals surface area contributed by atoms with Crippen LogP contribution in [0.4, 0.5) is 0 Å². The van der Waals surface area contributed by atoms with Gasteiger partial charge in [-0.05, 0) is 73.9 Å². The number of carbonyl (C=O) groups is 4. The number of ketones is 3. The van der Waals surface area contributed by atoms with Gasteiger partial charge in [-0.15, -0.1) is 5.92 Å². The number of benzene rings is 1. The van der Waals surface area contributed by atoms with Crippen molar-refractivity contribution >= 4 is 23.3 Å². The monoisotopic (exact) mass is 471 g/mol. The topological polar surface area (TPSA) is 97.3 Å². The number of carbonyl (C=O) groups excluding carboxylic acids is 4. The van der Waals surface area contributed by atoms with E-state index in [1.165, 1.54) is 12.4 Å². The molecule has 2 aliphatic rings. The fourth-order valence-corrected chi connectivity index (χ4v) is 5.51. The number of Topliss-reactive ketones (excluding diaryl/α,β-unsaturated/α-hetero) is 3. The highest BCUT2D eigenvalue weighted by Gasteiger charge is 2.47. The predicted octanol–water partition coefficient (Wildman–Crippen LogP) is 3.36. The molecule has 1 aromatic carbocycles. The number of amides is 1. The summed E-state index contributed by atoms with van der Waals surface area (Å²) < 4.78 is 0. The molecule has 180 valence electrons. The number of nitrogens with zero attached hydrogens (tertiary/aromatic N) is 3. The summed E-state index contributed by atoms with van der Waals surface area (Å²) in [7, 11) is 0. The van der Waals surface area contributed by atoms with Gasteiger partial charge in [-0.3, -0.25) is 19.2 Å². The molecule has 0 unspecified atom stereocenters. The van der Waals surface area contributed by atoms with Gasteiger partial charge >= 0.3 is 0 Å². The van der Waals surface area contributed by atoms with Crippen molar-refractivity contribution in [1.29, 1.82) is 0 Å². The van der Waals surface area contributed by atoms with Gasteiger partial charge in [-0.1, -0.05) is 5.92 Å². The van der Waals surface area contributed by atoms with Gasteiger partial charge in [0.05, 0.1) is 6.42 Å². The zero-order valence-electron chi connectivity index (χ0n) is 20.4. The van der Waals surface area contributed by atoms with Crippen LogP contribution in [-0.4, -0.2) is 51.2 Å². The average molecular weight is 472 g/mol. The van der Waals surface area contributed by atoms with Crippen molar-refractivity contribution in [2.75, 3.05) is 13.1 Å². The van der Waals surface area contributed by atoms with Crippen LogP contribution >= 0.6 is 0 Å². The van der Waals surface area contributed by atoms with Crippen LogP contribution in [0.25, 0.3) is 0 Å². The van der Waals surface area contributed by atoms with Gasteiger partial charge in [0.1, 0.15) is 17.5 Å². The van der Waals surface area contributed by atoms with Crippen molar-refractivity contribution in [3.05, 3.63) is 58.7 Å². The molecule has 0 atom stereocenters. The van der Waals surface area contributed by atoms with Crippen molar-refractivity contribution < 1.29 is 19.2 Å². The molecule has 0 bridgehead atoms. The summed E-state index contributed by atoms with van der Waals surface area (Å²) in [5.41, 5.74) is 3.11. The Labute approximate surface area is 205 Å². The fraction of sp³-hybridized carbons (Fsp3) is 0.429. The van der Waals surface area contributed by atoms with Crippen LogP contribution in [0.5, 0.6) is 0 Å². The first-order chi connectivity index (χ1) is 16.7. The molecule has 2 aromatic rings. The molecule has 1 amide bonds. The van der Waals surface area contributed by atoms with Gasteiger partial charge in [0.2, 0.25) is 11.7 Å². The highest BCUT2D eigenvalue weighted by molar-refractivity contribution is 6.10. The third-order valence-corrected chi connectivity index (χ3v) is 7.20. The Balaban J connectivity index is 1.42. The average Bonchev–Trinajstić information content (AvgIpc) is 2.81. The van der Waals surface area contributed by atoms with E-state index in [1.54, 1.807) is 17.9 Å². The lowest BCUT2D eigenvalue weighted by atomic mass is 9.62. The Bertz CT molecular complexity index is 1200. The van der Waals surface area contributed by atoms with E-state index < -0.39 is 17.1 Å². The Hall–Kier alpha value is -3.66. The lowest BCUT2D eigenvalue weighted by Crippen LogP contribution is -2.48. The van der Waals surface area contributed by atoms with Gasteiger partial charge < -0.3 is 4.90 Å². The summed E-state index contributed by atoms with van der Waals surface area (Å²) in [5.74, 6) is 4.46. The van der Waals surface area contributed by atoms with E-state index >= 15 is 0 Å². The molecule has 7 heteroatoms. The number of rotatable bonds is 4. The van der Waals surface area contributed by atoms with E-state index in [1.807, 2.05) is 26.0 Å². The molecular weight excluding hydrogens is 442 g/mol. The maximum Gasteiger partial charge on any atom is 0.230 e. The second-order valence-electron chi connectivity index (χ2n) is 9.67. The van der Waals surface area contributed by atoms with Crippen LogP contribution in [-0.2, 0) is 14.4 Å². The highest BCUT2D eigenvalue weighted by Crippen LogP contribution is 2.46. The molecule has 7 nitrogen and oxygen atoms in total. The molecule has 0 radical (unpaired) electrons. The minimum absolute atomic E-state index is 0.0317. The van der Waals surface area contributed by atoms with Gasteiger partial charge in [0.25, 0.3) is 0 Å². The molecule has 2 heterocycles. The Kier molecular flexibility index (Phi) is 6.93. The number of aromatic nitrogens is 2. The molecule has 1 aromatic heterocycles. The molecule has 1 spiro atoms. The quantitative estimate of drug-likeness (QED) is 0.385. The van der Waals surface area contributed by atoms with E-state index in [9.17, 15) is 19.2 Å². The molecule has 1 aliphatic heterocycles. The predicted molar refractivity (Wildman–Crippen MR) is 130 cm³/mol. The van der Waals surface area contributed by atoms with Gasteiger partial charge in [-0.2, -0.15) is 0 Å². The van der Waals surface area contributed by atoms with Crippen LogP contribution < -0.4 is 0 Å². The van der Waals surface area contributed by atoms with Gasteiger partial charge in [-0.25, -0.2) is 9.97 Å². The summed E-state index contributed by atoms with van der Waals surface area (Å²) in [6, 6.07) is 5.49. The third kappa shape index (κ3) is 5.07. The second kappa shape index (κ2) is 9.91. The highest BCUT2D eigenvalue weighted by atomic mass is 16.2. The van der Waals surface area contributed by atoms with Crippen LogP contribution in [0.2, 0.25) is 0 Å². The van der Waals surface area contributed by atoms with Crippen molar-refractivity contribution in [1.82, 2.24) is 14.9 Å². The Morgan fingerprint density at radius 3 is 2.14 bits per heavy atom. The zero-order valence-corrected chi connectivity index (χ0v) is 20.4. The van der Waals surface area contributed by atoms with E-state index in [-0.39, 0.29) is 29.7 Å². The summed E-state index contributed by atoms with van der Waals surface area (Å²) >= 11 is 0. The van der Waals surface area contributed by atoms with Crippen LogP contribution in [0, 0.1) is 31.1 Å². The first-order valence-corrected chi connectivity index (χ1v) is 11.9. The van der Waals surface area contributed by atoms with E-state index in [4.69, 9.17) is 0 Å². The number of hydrogen-bond acceptors (Lipinski definition) is 6. The lowest BCUT2D eigenvalue weighted by molar-refractivity contribution is -0.140. The largest absolute Gasteiger partial charge is 0.342 e. The number of hydrogen-bond donors (Lipinski definition) is 0. The summed E-state index contributed by atoms with van der Waals surface area (Å²) in [6.07, 6.45) is 4.46. The normalized spacial score (nSPS) is 17.7. The first-order valence-electron chi connectivity index (χ1n) is 11.9. The summed E-state index contributed by atoms with van der Waals surface area (Å²) in [4.78, 5) is 61.1. The first kappa shape index (κ1) is 24.5. The van der Waals surface area contributed by atoms with Gasteiger partial charge in [0, 0.05) is 43.9 Å². The SMILES string of the molecule is CC#Cc1cc(C)c(C2C(=O)CC3(CCN(C(=O)CC(=O)c4ncccn4)CC3)CC2=O)c(C)c1. The van der Waals surface area contributed by atoms with Crippen molar-refractivity contribution in [3.63, 3.8) is 0 Å². The molecule has 1 saturated carbocycles. The maximum absolute atomic E-state index is 13.3. The Morgan fingerprint density at radius 1 is 1.03 bits per heavy atom. The van der Waals surface area contributed by atoms with Crippen molar-refractivity contribution in [3.8, 4) is 11.8 Å². The van der Waals surface area contributed by atoms with Crippen LogP contribution in [0.3, 0.4) is 0 Å².